The first-order valence-corrected chi connectivity index (χ1v) is 8.30. The van der Waals surface area contributed by atoms with Gasteiger partial charge in [0.1, 0.15) is 11.7 Å². The topological polar surface area (TPSA) is 63.7 Å². The van der Waals surface area contributed by atoms with Crippen molar-refractivity contribution in [1.82, 2.24) is 0 Å². The van der Waals surface area contributed by atoms with Gasteiger partial charge in [0.2, 0.25) is 5.78 Å². The number of amides is 1. The zero-order valence-electron chi connectivity index (χ0n) is 14.4. The number of aryl methyl sites for hydroxylation is 1. The molecule has 0 aliphatic carbocycles. The number of halogens is 1. The summed E-state index contributed by atoms with van der Waals surface area (Å²) >= 11 is 0. The number of nitrogens with zero attached hydrogens (tertiary/aromatic N) is 1. The Morgan fingerprint density at radius 3 is 2.27 bits per heavy atom. The molecule has 1 aliphatic rings. The van der Waals surface area contributed by atoms with Gasteiger partial charge in [-0.2, -0.15) is 0 Å². The SMILES string of the molecule is CCOC(=O)[C@H]1C(=O)C(=O)N(c2ccc(C)cc2)[C@@H]1c1ccc(F)cc1. The van der Waals surface area contributed by atoms with Crippen LogP contribution in [0.25, 0.3) is 0 Å². The van der Waals surface area contributed by atoms with Crippen LogP contribution in [0.3, 0.4) is 0 Å². The third-order valence-electron chi connectivity index (χ3n) is 4.37. The maximum absolute atomic E-state index is 13.3. The highest BCUT2D eigenvalue weighted by Gasteiger charge is 2.53. The van der Waals surface area contributed by atoms with Crippen LogP contribution >= 0.6 is 0 Å². The van der Waals surface area contributed by atoms with Crippen molar-refractivity contribution in [3.8, 4) is 0 Å². The van der Waals surface area contributed by atoms with E-state index < -0.39 is 35.4 Å². The van der Waals surface area contributed by atoms with Crippen molar-refractivity contribution in [2.75, 3.05) is 11.5 Å². The molecule has 0 spiro atoms. The van der Waals surface area contributed by atoms with Crippen molar-refractivity contribution in [3.63, 3.8) is 0 Å². The van der Waals surface area contributed by atoms with E-state index in [1.165, 1.54) is 29.2 Å². The summed E-state index contributed by atoms with van der Waals surface area (Å²) in [5, 5.41) is 0. The predicted molar refractivity (Wildman–Crippen MR) is 92.9 cm³/mol. The van der Waals surface area contributed by atoms with Gasteiger partial charge in [0.15, 0.2) is 0 Å². The zero-order valence-corrected chi connectivity index (χ0v) is 14.4. The normalized spacial score (nSPS) is 19.7. The van der Waals surface area contributed by atoms with Crippen LogP contribution in [0.4, 0.5) is 10.1 Å². The summed E-state index contributed by atoms with van der Waals surface area (Å²) in [6, 6.07) is 11.6. The number of carbonyl (C=O) groups is 3. The summed E-state index contributed by atoms with van der Waals surface area (Å²) in [5.74, 6) is -4.08. The lowest BCUT2D eigenvalue weighted by molar-refractivity contribution is -0.152. The standard InChI is InChI=1S/C20H18FNO4/c1-3-26-20(25)16-17(13-6-8-14(21)9-7-13)22(19(24)18(16)23)15-10-4-12(2)5-11-15/h4-11,16-17H,3H2,1-2H3/t16-,17-/m1/s1. The first kappa shape index (κ1) is 17.8. The van der Waals surface area contributed by atoms with Crippen molar-refractivity contribution >= 4 is 23.3 Å². The van der Waals surface area contributed by atoms with Crippen LogP contribution < -0.4 is 4.90 Å². The molecule has 134 valence electrons. The Bertz CT molecular complexity index is 845. The first-order valence-electron chi connectivity index (χ1n) is 8.30. The monoisotopic (exact) mass is 355 g/mol. The molecule has 0 radical (unpaired) electrons. The molecular formula is C20H18FNO4. The van der Waals surface area contributed by atoms with E-state index in [9.17, 15) is 18.8 Å². The molecule has 0 unspecified atom stereocenters. The first-order chi connectivity index (χ1) is 12.4. The summed E-state index contributed by atoms with van der Waals surface area (Å²) < 4.78 is 18.3. The van der Waals surface area contributed by atoms with Gasteiger partial charge >= 0.3 is 5.97 Å². The van der Waals surface area contributed by atoms with E-state index in [1.807, 2.05) is 19.1 Å². The Morgan fingerprint density at radius 1 is 1.08 bits per heavy atom. The fraction of sp³-hybridized carbons (Fsp3) is 0.250. The van der Waals surface area contributed by atoms with Crippen LogP contribution in [0.1, 0.15) is 24.1 Å². The smallest absolute Gasteiger partial charge is 0.319 e. The lowest BCUT2D eigenvalue weighted by Gasteiger charge is -2.27. The van der Waals surface area contributed by atoms with Crippen LogP contribution in [0.5, 0.6) is 0 Å². The number of esters is 1. The van der Waals surface area contributed by atoms with E-state index in [1.54, 1.807) is 19.1 Å². The number of rotatable bonds is 4. The molecule has 6 heteroatoms. The van der Waals surface area contributed by atoms with Gasteiger partial charge in [-0.1, -0.05) is 29.8 Å². The second kappa shape index (κ2) is 7.07. The van der Waals surface area contributed by atoms with E-state index in [-0.39, 0.29) is 6.61 Å². The third-order valence-corrected chi connectivity index (χ3v) is 4.37. The molecule has 0 saturated carbocycles. The van der Waals surface area contributed by atoms with Crippen molar-refractivity contribution in [3.05, 3.63) is 65.5 Å². The molecule has 2 aromatic rings. The average Bonchev–Trinajstić information content (AvgIpc) is 2.88. The van der Waals surface area contributed by atoms with Gasteiger partial charge in [-0.25, -0.2) is 4.39 Å². The molecule has 0 bridgehead atoms. The molecule has 3 rings (SSSR count). The number of ketones is 1. The molecule has 2 atom stereocenters. The molecule has 1 saturated heterocycles. The van der Waals surface area contributed by atoms with Crippen LogP contribution in [-0.4, -0.2) is 24.3 Å². The van der Waals surface area contributed by atoms with Gasteiger partial charge in [0, 0.05) is 5.69 Å². The van der Waals surface area contributed by atoms with Gasteiger partial charge in [0.25, 0.3) is 5.91 Å². The molecule has 5 nitrogen and oxygen atoms in total. The molecule has 1 fully saturated rings. The molecule has 1 amide bonds. The Morgan fingerprint density at radius 2 is 1.69 bits per heavy atom. The van der Waals surface area contributed by atoms with Crippen molar-refractivity contribution in [2.45, 2.75) is 19.9 Å². The van der Waals surface area contributed by atoms with E-state index in [4.69, 9.17) is 4.74 Å². The largest absolute Gasteiger partial charge is 0.465 e. The maximum atomic E-state index is 13.3. The van der Waals surface area contributed by atoms with Gasteiger partial charge in [-0.3, -0.25) is 19.3 Å². The Labute approximate surface area is 150 Å². The lowest BCUT2D eigenvalue weighted by atomic mass is 9.92. The van der Waals surface area contributed by atoms with Gasteiger partial charge in [-0.05, 0) is 43.7 Å². The van der Waals surface area contributed by atoms with E-state index >= 15 is 0 Å². The number of hydrogen-bond acceptors (Lipinski definition) is 4. The second-order valence-corrected chi connectivity index (χ2v) is 6.10. The zero-order chi connectivity index (χ0) is 18.8. The molecule has 1 aliphatic heterocycles. The van der Waals surface area contributed by atoms with Gasteiger partial charge in [0.05, 0.1) is 12.6 Å². The highest BCUT2D eigenvalue weighted by atomic mass is 19.1. The minimum atomic E-state index is -1.28. The summed E-state index contributed by atoms with van der Waals surface area (Å²) in [6.07, 6.45) is 0. The minimum Gasteiger partial charge on any atom is -0.465 e. The number of Topliss-reactive ketones (excluding diaryl/α,β-unsaturated/α-hetero) is 1. The van der Waals surface area contributed by atoms with E-state index in [0.717, 1.165) is 5.56 Å². The average molecular weight is 355 g/mol. The Hall–Kier alpha value is -3.02. The number of carbonyl (C=O) groups excluding carboxylic acids is 3. The summed E-state index contributed by atoms with van der Waals surface area (Å²) in [6.45, 7) is 3.63. The highest BCUT2D eigenvalue weighted by Crippen LogP contribution is 2.40. The fourth-order valence-electron chi connectivity index (χ4n) is 3.12. The highest BCUT2D eigenvalue weighted by molar-refractivity contribution is 6.47. The summed E-state index contributed by atoms with van der Waals surface area (Å²) in [4.78, 5) is 38.9. The number of anilines is 1. The van der Waals surface area contributed by atoms with Gasteiger partial charge in [-0.15, -0.1) is 0 Å². The summed E-state index contributed by atoms with van der Waals surface area (Å²) in [5.41, 5.74) is 1.98. The third kappa shape index (κ3) is 3.10. The second-order valence-electron chi connectivity index (χ2n) is 6.10. The summed E-state index contributed by atoms with van der Waals surface area (Å²) in [7, 11) is 0. The molecule has 26 heavy (non-hydrogen) atoms. The van der Waals surface area contributed by atoms with Crippen molar-refractivity contribution < 1.29 is 23.5 Å². The Kier molecular flexibility index (Phi) is 4.84. The van der Waals surface area contributed by atoms with Gasteiger partial charge < -0.3 is 4.74 Å². The van der Waals surface area contributed by atoms with E-state index in [0.29, 0.717) is 11.3 Å². The molecule has 1 heterocycles. The molecule has 2 aromatic carbocycles. The Balaban J connectivity index is 2.12. The number of ether oxygens (including phenoxy) is 1. The van der Waals surface area contributed by atoms with Crippen LogP contribution in [0, 0.1) is 18.7 Å². The number of benzene rings is 2. The fourth-order valence-corrected chi connectivity index (χ4v) is 3.12. The quantitative estimate of drug-likeness (QED) is 0.481. The minimum absolute atomic E-state index is 0.0947. The maximum Gasteiger partial charge on any atom is 0.319 e. The predicted octanol–water partition coefficient (Wildman–Crippen LogP) is 2.97. The number of hydrogen-bond donors (Lipinski definition) is 0. The van der Waals surface area contributed by atoms with E-state index in [2.05, 4.69) is 0 Å². The van der Waals surface area contributed by atoms with Crippen molar-refractivity contribution in [2.24, 2.45) is 5.92 Å². The lowest BCUT2D eigenvalue weighted by Crippen LogP contribution is -2.31. The van der Waals surface area contributed by atoms with Crippen LogP contribution in [0.2, 0.25) is 0 Å². The molecular weight excluding hydrogens is 337 g/mol. The van der Waals surface area contributed by atoms with Crippen LogP contribution in [0.15, 0.2) is 48.5 Å². The molecule has 0 aromatic heterocycles. The molecule has 0 N–H and O–H groups in total. The van der Waals surface area contributed by atoms with Crippen molar-refractivity contribution in [1.29, 1.82) is 0 Å². The van der Waals surface area contributed by atoms with Crippen LogP contribution in [-0.2, 0) is 19.1 Å².